The molecule has 1 aromatic heterocycles. The summed E-state index contributed by atoms with van der Waals surface area (Å²) in [6.45, 7) is 2.25. The van der Waals surface area contributed by atoms with Gasteiger partial charge in [-0.05, 0) is 36.6 Å². The third kappa shape index (κ3) is 4.14. The number of aromatic nitrogens is 1. The number of rotatable bonds is 6. The van der Waals surface area contributed by atoms with Crippen LogP contribution in [0.3, 0.4) is 0 Å². The third-order valence-electron chi connectivity index (χ3n) is 4.39. The predicted molar refractivity (Wildman–Crippen MR) is 99.1 cm³/mol. The molecule has 1 aliphatic carbocycles. The number of ether oxygens (including phenoxy) is 1. The monoisotopic (exact) mass is 373 g/mol. The molecular formula is C19H20ClN3O3. The summed E-state index contributed by atoms with van der Waals surface area (Å²) < 4.78 is 5.26. The highest BCUT2D eigenvalue weighted by Gasteiger charge is 2.48. The van der Waals surface area contributed by atoms with E-state index < -0.39 is 0 Å². The smallest absolute Gasteiger partial charge is 0.228 e. The van der Waals surface area contributed by atoms with Crippen LogP contribution in [-0.4, -0.2) is 23.9 Å². The fourth-order valence-electron chi connectivity index (χ4n) is 2.75. The van der Waals surface area contributed by atoms with E-state index in [1.54, 1.807) is 24.5 Å². The molecule has 26 heavy (non-hydrogen) atoms. The Morgan fingerprint density at radius 3 is 2.77 bits per heavy atom. The predicted octanol–water partition coefficient (Wildman–Crippen LogP) is 2.94. The van der Waals surface area contributed by atoms with Crippen LogP contribution in [0.25, 0.3) is 0 Å². The second kappa shape index (κ2) is 7.74. The van der Waals surface area contributed by atoms with Crippen LogP contribution in [0, 0.1) is 18.8 Å². The molecule has 0 spiro atoms. The number of pyridine rings is 1. The summed E-state index contributed by atoms with van der Waals surface area (Å²) in [7, 11) is 1.52. The summed E-state index contributed by atoms with van der Waals surface area (Å²) in [5.41, 5.74) is 2.31. The lowest BCUT2D eigenvalue weighted by molar-refractivity contribution is -0.125. The van der Waals surface area contributed by atoms with Gasteiger partial charge in [-0.15, -0.1) is 0 Å². The van der Waals surface area contributed by atoms with Crippen molar-refractivity contribution in [3.05, 3.63) is 52.8 Å². The van der Waals surface area contributed by atoms with Gasteiger partial charge in [0.25, 0.3) is 0 Å². The maximum Gasteiger partial charge on any atom is 0.228 e. The Bertz CT molecular complexity index is 826. The van der Waals surface area contributed by atoms with Crippen molar-refractivity contribution in [2.24, 2.45) is 11.8 Å². The summed E-state index contributed by atoms with van der Waals surface area (Å²) in [6.07, 6.45) is 3.92. The van der Waals surface area contributed by atoms with Crippen LogP contribution in [-0.2, 0) is 16.1 Å². The number of carbonyl (C=O) groups is 2. The summed E-state index contributed by atoms with van der Waals surface area (Å²) in [5, 5.41) is 6.25. The SMILES string of the molecule is COc1cc(Cl)c(C)cc1NC(=O)C1CC1C(=O)NCc1cccnc1. The molecule has 6 nitrogen and oxygen atoms in total. The number of hydrogen-bond acceptors (Lipinski definition) is 4. The van der Waals surface area contributed by atoms with Gasteiger partial charge in [0.05, 0.1) is 24.6 Å². The molecule has 2 atom stereocenters. The first-order chi connectivity index (χ1) is 12.5. The molecular weight excluding hydrogens is 354 g/mol. The van der Waals surface area contributed by atoms with Gasteiger partial charge < -0.3 is 15.4 Å². The van der Waals surface area contributed by atoms with Crippen LogP contribution in [0.5, 0.6) is 5.75 Å². The maximum atomic E-state index is 12.4. The summed E-state index contributed by atoms with van der Waals surface area (Å²) in [5.74, 6) is -0.442. The van der Waals surface area contributed by atoms with Gasteiger partial charge in [-0.2, -0.15) is 0 Å². The number of nitrogens with one attached hydrogen (secondary N) is 2. The number of hydrogen-bond donors (Lipinski definition) is 2. The third-order valence-corrected chi connectivity index (χ3v) is 4.80. The molecule has 7 heteroatoms. The lowest BCUT2D eigenvalue weighted by Gasteiger charge is -2.12. The Morgan fingerprint density at radius 2 is 2.08 bits per heavy atom. The van der Waals surface area contributed by atoms with Crippen molar-refractivity contribution in [1.29, 1.82) is 0 Å². The molecule has 0 bridgehead atoms. The van der Waals surface area contributed by atoms with Crippen LogP contribution in [0.4, 0.5) is 5.69 Å². The second-order valence-corrected chi connectivity index (χ2v) is 6.73. The molecule has 1 heterocycles. The standard InChI is InChI=1S/C19H20ClN3O3/c1-11-6-16(17(26-2)8-15(11)20)23-19(25)14-7-13(14)18(24)22-10-12-4-3-5-21-9-12/h3-6,8-9,13-14H,7,10H2,1-2H3,(H,22,24)(H,23,25). The molecule has 1 fully saturated rings. The highest BCUT2D eigenvalue weighted by Crippen LogP contribution is 2.40. The molecule has 2 aromatic rings. The highest BCUT2D eigenvalue weighted by atomic mass is 35.5. The van der Waals surface area contributed by atoms with Gasteiger partial charge in [-0.1, -0.05) is 17.7 Å². The minimum absolute atomic E-state index is 0.117. The van der Waals surface area contributed by atoms with E-state index in [9.17, 15) is 9.59 Å². The van der Waals surface area contributed by atoms with Crippen molar-refractivity contribution in [2.45, 2.75) is 19.9 Å². The Labute approximate surface area is 156 Å². The molecule has 2 amide bonds. The molecule has 0 saturated heterocycles. The number of methoxy groups -OCH3 is 1. The molecule has 1 aromatic carbocycles. The number of halogens is 1. The van der Waals surface area contributed by atoms with E-state index >= 15 is 0 Å². The molecule has 3 rings (SSSR count). The van der Waals surface area contributed by atoms with Crippen LogP contribution >= 0.6 is 11.6 Å². The van der Waals surface area contributed by atoms with Crippen molar-refractivity contribution >= 4 is 29.1 Å². The van der Waals surface area contributed by atoms with Gasteiger partial charge in [0.1, 0.15) is 5.75 Å². The average Bonchev–Trinajstić information content (AvgIpc) is 3.44. The van der Waals surface area contributed by atoms with Crippen molar-refractivity contribution in [1.82, 2.24) is 10.3 Å². The van der Waals surface area contributed by atoms with E-state index in [-0.39, 0.29) is 23.7 Å². The quantitative estimate of drug-likeness (QED) is 0.815. The average molecular weight is 374 g/mol. The molecule has 136 valence electrons. The largest absolute Gasteiger partial charge is 0.495 e. The fraction of sp³-hybridized carbons (Fsp3) is 0.316. The van der Waals surface area contributed by atoms with Gasteiger partial charge >= 0.3 is 0 Å². The zero-order valence-electron chi connectivity index (χ0n) is 14.6. The minimum atomic E-state index is -0.329. The topological polar surface area (TPSA) is 80.3 Å². The van der Waals surface area contributed by atoms with Crippen LogP contribution in [0.2, 0.25) is 5.02 Å². The van der Waals surface area contributed by atoms with Crippen LogP contribution < -0.4 is 15.4 Å². The first-order valence-corrected chi connectivity index (χ1v) is 8.69. The molecule has 2 unspecified atom stereocenters. The molecule has 1 aliphatic rings. The second-order valence-electron chi connectivity index (χ2n) is 6.32. The van der Waals surface area contributed by atoms with E-state index in [4.69, 9.17) is 16.3 Å². The lowest BCUT2D eigenvalue weighted by atomic mass is 10.2. The van der Waals surface area contributed by atoms with E-state index in [2.05, 4.69) is 15.6 Å². The van der Waals surface area contributed by atoms with Crippen molar-refractivity contribution < 1.29 is 14.3 Å². The van der Waals surface area contributed by atoms with Crippen LogP contribution in [0.1, 0.15) is 17.5 Å². The van der Waals surface area contributed by atoms with Gasteiger partial charge in [-0.25, -0.2) is 0 Å². The van der Waals surface area contributed by atoms with Gasteiger partial charge in [0, 0.05) is 30.0 Å². The number of carbonyl (C=O) groups excluding carboxylic acids is 2. The number of anilines is 1. The molecule has 2 N–H and O–H groups in total. The van der Waals surface area contributed by atoms with E-state index in [0.29, 0.717) is 29.4 Å². The maximum absolute atomic E-state index is 12.4. The van der Waals surface area contributed by atoms with Gasteiger partial charge in [-0.3, -0.25) is 14.6 Å². The normalized spacial score (nSPS) is 18.1. The Morgan fingerprint density at radius 1 is 1.31 bits per heavy atom. The Hall–Kier alpha value is -2.60. The molecule has 1 saturated carbocycles. The first-order valence-electron chi connectivity index (χ1n) is 8.31. The summed E-state index contributed by atoms with van der Waals surface area (Å²) >= 11 is 6.08. The number of nitrogens with zero attached hydrogens (tertiary/aromatic N) is 1. The Balaban J connectivity index is 1.56. The van der Waals surface area contributed by atoms with E-state index in [1.807, 2.05) is 19.1 Å². The molecule has 0 aliphatic heterocycles. The highest BCUT2D eigenvalue weighted by molar-refractivity contribution is 6.31. The summed E-state index contributed by atoms with van der Waals surface area (Å²) in [6, 6.07) is 7.13. The van der Waals surface area contributed by atoms with E-state index in [1.165, 1.54) is 7.11 Å². The zero-order valence-corrected chi connectivity index (χ0v) is 15.3. The van der Waals surface area contributed by atoms with Crippen molar-refractivity contribution in [2.75, 3.05) is 12.4 Å². The van der Waals surface area contributed by atoms with Crippen molar-refractivity contribution in [3.63, 3.8) is 0 Å². The number of aryl methyl sites for hydroxylation is 1. The Kier molecular flexibility index (Phi) is 5.42. The minimum Gasteiger partial charge on any atom is -0.495 e. The fourth-order valence-corrected chi connectivity index (χ4v) is 2.91. The van der Waals surface area contributed by atoms with Gasteiger partial charge in [0.15, 0.2) is 0 Å². The zero-order chi connectivity index (χ0) is 18.7. The number of amides is 2. The lowest BCUT2D eigenvalue weighted by Crippen LogP contribution is -2.27. The van der Waals surface area contributed by atoms with Gasteiger partial charge in [0.2, 0.25) is 11.8 Å². The summed E-state index contributed by atoms with van der Waals surface area (Å²) in [4.78, 5) is 28.7. The van der Waals surface area contributed by atoms with E-state index in [0.717, 1.165) is 11.1 Å². The number of benzene rings is 1. The first kappa shape index (κ1) is 18.2. The van der Waals surface area contributed by atoms with Crippen LogP contribution in [0.15, 0.2) is 36.7 Å². The molecule has 0 radical (unpaired) electrons. The van der Waals surface area contributed by atoms with Crippen molar-refractivity contribution in [3.8, 4) is 5.75 Å².